The lowest BCUT2D eigenvalue weighted by molar-refractivity contribution is 0.0891. The molecule has 4 N–H and O–H groups in total. The van der Waals surface area contributed by atoms with Crippen LogP contribution in [0.5, 0.6) is 17.5 Å². The average Bonchev–Trinajstić information content (AvgIpc) is 3.35. The maximum atomic E-state index is 15.6. The topological polar surface area (TPSA) is 160 Å². The lowest BCUT2D eigenvalue weighted by atomic mass is 10.1. The van der Waals surface area contributed by atoms with Gasteiger partial charge >= 0.3 is 12.1 Å². The zero-order valence-corrected chi connectivity index (χ0v) is 26.4. The van der Waals surface area contributed by atoms with E-state index in [1.165, 1.54) is 24.7 Å². The largest absolute Gasteiger partial charge is 0.490 e. The van der Waals surface area contributed by atoms with Crippen LogP contribution in [-0.2, 0) is 11.3 Å². The number of hydrogen-bond donors (Lipinski definition) is 3. The number of aryl methyl sites for hydroxylation is 1. The molecule has 0 spiro atoms. The maximum absolute atomic E-state index is 15.6. The first-order chi connectivity index (χ1) is 22.8. The van der Waals surface area contributed by atoms with Crippen LogP contribution in [0.3, 0.4) is 0 Å². The quantitative estimate of drug-likeness (QED) is 0.119. The molecule has 0 aliphatic heterocycles. The molecule has 0 unspecified atom stereocenters. The van der Waals surface area contributed by atoms with Gasteiger partial charge in [0.2, 0.25) is 0 Å². The molecule has 47 heavy (non-hydrogen) atoms. The molecule has 6 aromatic rings. The number of amides is 1. The highest BCUT2D eigenvalue weighted by Crippen LogP contribution is 2.44. The number of hydrogen-bond acceptors (Lipinski definition) is 9. The summed E-state index contributed by atoms with van der Waals surface area (Å²) in [6.45, 7) is 2.58. The minimum atomic E-state index is -1.23. The van der Waals surface area contributed by atoms with Gasteiger partial charge in [-0.1, -0.05) is 30.3 Å². The van der Waals surface area contributed by atoms with Crippen LogP contribution in [0.4, 0.5) is 20.7 Å². The van der Waals surface area contributed by atoms with Crippen molar-refractivity contribution in [2.24, 2.45) is 0 Å². The van der Waals surface area contributed by atoms with Gasteiger partial charge in [-0.15, -0.1) is 0 Å². The molecule has 238 valence electrons. The first kappa shape index (κ1) is 31.4. The monoisotopic (exact) mass is 699 g/mol. The molecule has 6 rings (SSSR count). The molecular formula is C33H27BrFN7O5. The molecule has 0 aliphatic rings. The first-order valence-corrected chi connectivity index (χ1v) is 15.0. The second-order valence-corrected chi connectivity index (χ2v) is 11.0. The molecule has 0 aliphatic carbocycles. The van der Waals surface area contributed by atoms with Crippen molar-refractivity contribution in [1.82, 2.24) is 24.5 Å². The average molecular weight is 701 g/mol. The molecule has 0 saturated heterocycles. The predicted molar refractivity (Wildman–Crippen MR) is 176 cm³/mol. The summed E-state index contributed by atoms with van der Waals surface area (Å²) in [7, 11) is 0. The molecule has 0 bridgehead atoms. The summed E-state index contributed by atoms with van der Waals surface area (Å²) in [4.78, 5) is 28.3. The van der Waals surface area contributed by atoms with Crippen LogP contribution in [0.15, 0.2) is 89.8 Å². The molecule has 14 heteroatoms. The van der Waals surface area contributed by atoms with Crippen LogP contribution in [0.1, 0.15) is 11.3 Å². The van der Waals surface area contributed by atoms with E-state index in [0.717, 1.165) is 5.56 Å². The van der Waals surface area contributed by atoms with Crippen molar-refractivity contribution in [1.29, 1.82) is 0 Å². The Bertz CT molecular complexity index is 2080. The normalized spacial score (nSPS) is 11.0. The summed E-state index contributed by atoms with van der Waals surface area (Å²) in [6, 6.07) is 20.7. The van der Waals surface area contributed by atoms with Gasteiger partial charge in [-0.3, -0.25) is 5.32 Å². The Kier molecular flexibility index (Phi) is 9.22. The van der Waals surface area contributed by atoms with Crippen molar-refractivity contribution in [3.05, 3.63) is 107 Å². The number of aromatic nitrogens is 5. The smallest absolute Gasteiger partial charge is 0.409 e. The fourth-order valence-corrected chi connectivity index (χ4v) is 5.57. The van der Waals surface area contributed by atoms with Crippen molar-refractivity contribution in [2.75, 3.05) is 24.3 Å². The Morgan fingerprint density at radius 3 is 2.62 bits per heavy atom. The van der Waals surface area contributed by atoms with E-state index in [1.807, 2.05) is 30.3 Å². The zero-order valence-electron chi connectivity index (χ0n) is 24.9. The third-order valence-corrected chi connectivity index (χ3v) is 7.70. The van der Waals surface area contributed by atoms with Gasteiger partial charge in [-0.25, -0.2) is 29.1 Å². The van der Waals surface area contributed by atoms with Gasteiger partial charge in [0.1, 0.15) is 29.7 Å². The summed E-state index contributed by atoms with van der Waals surface area (Å²) in [5, 5.41) is 11.7. The van der Waals surface area contributed by atoms with E-state index in [2.05, 4.69) is 41.2 Å². The van der Waals surface area contributed by atoms with Crippen molar-refractivity contribution in [3.8, 4) is 34.5 Å². The number of anilines is 2. The number of nitrogens with zero attached hydrogens (tertiary/aromatic N) is 5. The summed E-state index contributed by atoms with van der Waals surface area (Å²) in [5.41, 5.74) is 10.6. The van der Waals surface area contributed by atoms with Crippen LogP contribution in [0, 0.1) is 12.7 Å². The highest BCUT2D eigenvalue weighted by Gasteiger charge is 2.25. The summed E-state index contributed by atoms with van der Waals surface area (Å²) >= 11 is 3.68. The second-order valence-electron chi connectivity index (χ2n) is 10.2. The Hall–Kier alpha value is -5.60. The summed E-state index contributed by atoms with van der Waals surface area (Å²) in [6.07, 6.45) is 1.62. The molecule has 3 heterocycles. The van der Waals surface area contributed by atoms with E-state index in [4.69, 9.17) is 19.9 Å². The van der Waals surface area contributed by atoms with Crippen molar-refractivity contribution >= 4 is 44.6 Å². The number of nitrogens with one attached hydrogen (secondary N) is 1. The minimum Gasteiger partial charge on any atom is -0.490 e. The van der Waals surface area contributed by atoms with Crippen LogP contribution in [0.25, 0.3) is 28.0 Å². The number of halogens is 2. The molecule has 12 nitrogen and oxygen atoms in total. The predicted octanol–water partition coefficient (Wildman–Crippen LogP) is 7.15. The molecule has 0 saturated carbocycles. The standard InChI is InChI=1S/C33H27BrFN7O5/c1-19-11-12-37-32(40-19)47-25-10-8-22(16-24(25)35)42-29(27(34)28-30(42)31(36)39-18-38-28)23-9-7-21(41-33(43)44)15-26(23)46-14-13-45-17-20-5-3-2-4-6-20/h2-12,15-16,18,41H,13-14,17H2,1H3,(H,43,44)(H2,36,38,39). The Balaban J connectivity index is 1.40. The molecule has 0 atom stereocenters. The van der Waals surface area contributed by atoms with E-state index in [9.17, 15) is 9.90 Å². The minimum absolute atomic E-state index is 0.00809. The highest BCUT2D eigenvalue weighted by molar-refractivity contribution is 9.10. The van der Waals surface area contributed by atoms with E-state index in [0.29, 0.717) is 50.5 Å². The van der Waals surface area contributed by atoms with Gasteiger partial charge in [-0.05, 0) is 58.7 Å². The number of carbonyl (C=O) groups is 1. The zero-order chi connectivity index (χ0) is 32.9. The highest BCUT2D eigenvalue weighted by atomic mass is 79.9. The number of rotatable bonds is 11. The summed E-state index contributed by atoms with van der Waals surface area (Å²) in [5.74, 6) is -0.283. The Labute approximate surface area is 276 Å². The Morgan fingerprint density at radius 2 is 1.85 bits per heavy atom. The third kappa shape index (κ3) is 6.98. The number of carboxylic acid groups (broad SMARTS) is 1. The molecule has 1 amide bonds. The fraction of sp³-hybridized carbons (Fsp3) is 0.121. The fourth-order valence-electron chi connectivity index (χ4n) is 4.89. The number of nitrogens with two attached hydrogens (primary N) is 1. The van der Waals surface area contributed by atoms with Gasteiger partial charge in [0, 0.05) is 41.0 Å². The second kappa shape index (κ2) is 13.8. The van der Waals surface area contributed by atoms with Crippen molar-refractivity contribution < 1.29 is 28.5 Å². The van der Waals surface area contributed by atoms with Crippen LogP contribution in [0.2, 0.25) is 0 Å². The van der Waals surface area contributed by atoms with Gasteiger partial charge in [0.15, 0.2) is 17.4 Å². The third-order valence-electron chi connectivity index (χ3n) is 6.95. The van der Waals surface area contributed by atoms with E-state index >= 15 is 4.39 Å². The maximum Gasteiger partial charge on any atom is 0.409 e. The first-order valence-electron chi connectivity index (χ1n) is 14.2. The molecular weight excluding hydrogens is 673 g/mol. The van der Waals surface area contributed by atoms with E-state index in [1.54, 1.807) is 41.8 Å². The molecule has 3 aromatic carbocycles. The van der Waals surface area contributed by atoms with Crippen LogP contribution < -0.4 is 20.5 Å². The van der Waals surface area contributed by atoms with Gasteiger partial charge in [0.05, 0.1) is 23.4 Å². The number of ether oxygens (including phenoxy) is 3. The van der Waals surface area contributed by atoms with E-state index < -0.39 is 11.9 Å². The van der Waals surface area contributed by atoms with Crippen molar-refractivity contribution in [2.45, 2.75) is 13.5 Å². The lowest BCUT2D eigenvalue weighted by Crippen LogP contribution is -2.10. The van der Waals surface area contributed by atoms with E-state index in [-0.39, 0.29) is 36.5 Å². The van der Waals surface area contributed by atoms with Crippen LogP contribution in [-0.4, -0.2) is 48.9 Å². The number of fused-ring (bicyclic) bond motifs is 1. The molecule has 3 aromatic heterocycles. The van der Waals surface area contributed by atoms with Crippen LogP contribution >= 0.6 is 15.9 Å². The van der Waals surface area contributed by atoms with Gasteiger partial charge < -0.3 is 29.6 Å². The number of nitrogen functional groups attached to an aromatic ring is 1. The van der Waals surface area contributed by atoms with Crippen molar-refractivity contribution in [3.63, 3.8) is 0 Å². The molecule has 0 fully saturated rings. The Morgan fingerprint density at radius 1 is 1.02 bits per heavy atom. The number of benzene rings is 3. The van der Waals surface area contributed by atoms with Gasteiger partial charge in [-0.2, -0.15) is 0 Å². The SMILES string of the molecule is Cc1ccnc(Oc2ccc(-n3c(-c4ccc(NC(=O)O)cc4OCCOCc4ccccc4)c(Br)c4ncnc(N)c43)cc2F)n1. The van der Waals surface area contributed by atoms with Gasteiger partial charge in [0.25, 0.3) is 0 Å². The lowest BCUT2D eigenvalue weighted by Gasteiger charge is -2.17. The summed E-state index contributed by atoms with van der Waals surface area (Å²) < 4.78 is 35.4. The molecule has 0 radical (unpaired) electrons.